The predicted molar refractivity (Wildman–Crippen MR) is 76.7 cm³/mol. The first-order valence-corrected chi connectivity index (χ1v) is 6.61. The Morgan fingerprint density at radius 2 is 2.05 bits per heavy atom. The van der Waals surface area contributed by atoms with Crippen molar-refractivity contribution in [1.82, 2.24) is 10.3 Å². The van der Waals surface area contributed by atoms with Gasteiger partial charge < -0.3 is 10.4 Å². The standard InChI is InChI=1S/C16H20N2O/c1-13(16-6-2-4-15(10-16)12-19)18-9-7-14-5-3-8-17-11-14/h2-6,8,10-11,13,18-19H,7,9,12H2,1H3. The predicted octanol–water partition coefficient (Wildman–Crippen LogP) is 2.47. The van der Waals surface area contributed by atoms with Gasteiger partial charge in [0.15, 0.2) is 0 Å². The van der Waals surface area contributed by atoms with Crippen LogP contribution >= 0.6 is 0 Å². The van der Waals surface area contributed by atoms with Crippen molar-refractivity contribution in [2.24, 2.45) is 0 Å². The molecule has 1 atom stereocenters. The van der Waals surface area contributed by atoms with Crippen molar-refractivity contribution in [3.63, 3.8) is 0 Å². The Balaban J connectivity index is 1.85. The number of rotatable bonds is 6. The number of benzene rings is 1. The SMILES string of the molecule is CC(NCCc1cccnc1)c1cccc(CO)c1. The number of hydrogen-bond acceptors (Lipinski definition) is 3. The van der Waals surface area contributed by atoms with Crippen LogP contribution in [0, 0.1) is 0 Å². The van der Waals surface area contributed by atoms with Crippen molar-refractivity contribution >= 4 is 0 Å². The molecule has 3 nitrogen and oxygen atoms in total. The van der Waals surface area contributed by atoms with E-state index in [2.05, 4.69) is 29.4 Å². The zero-order chi connectivity index (χ0) is 13.5. The molecule has 2 N–H and O–H groups in total. The minimum absolute atomic E-state index is 0.0935. The van der Waals surface area contributed by atoms with Crippen molar-refractivity contribution in [1.29, 1.82) is 0 Å². The van der Waals surface area contributed by atoms with Gasteiger partial charge in [0.05, 0.1) is 6.61 Å². The van der Waals surface area contributed by atoms with Crippen LogP contribution in [0.1, 0.15) is 29.7 Å². The number of aliphatic hydroxyl groups is 1. The smallest absolute Gasteiger partial charge is 0.0681 e. The molecule has 0 fully saturated rings. The number of nitrogens with zero attached hydrogens (tertiary/aromatic N) is 1. The van der Waals surface area contributed by atoms with Gasteiger partial charge >= 0.3 is 0 Å². The lowest BCUT2D eigenvalue weighted by atomic mass is 10.1. The van der Waals surface area contributed by atoms with Gasteiger partial charge in [-0.05, 0) is 42.6 Å². The molecule has 19 heavy (non-hydrogen) atoms. The van der Waals surface area contributed by atoms with E-state index in [-0.39, 0.29) is 12.6 Å². The highest BCUT2D eigenvalue weighted by Crippen LogP contribution is 2.14. The minimum Gasteiger partial charge on any atom is -0.392 e. The van der Waals surface area contributed by atoms with E-state index >= 15 is 0 Å². The lowest BCUT2D eigenvalue weighted by Crippen LogP contribution is -2.21. The van der Waals surface area contributed by atoms with Crippen LogP contribution in [0.3, 0.4) is 0 Å². The first-order chi connectivity index (χ1) is 9.29. The van der Waals surface area contributed by atoms with Gasteiger partial charge in [-0.25, -0.2) is 0 Å². The second-order valence-corrected chi connectivity index (χ2v) is 4.69. The van der Waals surface area contributed by atoms with Gasteiger partial charge in [-0.2, -0.15) is 0 Å². The zero-order valence-corrected chi connectivity index (χ0v) is 11.2. The van der Waals surface area contributed by atoms with Gasteiger partial charge in [-0.3, -0.25) is 4.98 Å². The Hall–Kier alpha value is -1.71. The second kappa shape index (κ2) is 7.02. The molecule has 0 aliphatic carbocycles. The van der Waals surface area contributed by atoms with Gasteiger partial charge in [-0.15, -0.1) is 0 Å². The topological polar surface area (TPSA) is 45.2 Å². The van der Waals surface area contributed by atoms with Crippen LogP contribution in [0.4, 0.5) is 0 Å². The molecule has 0 bridgehead atoms. The van der Waals surface area contributed by atoms with Gasteiger partial charge in [-0.1, -0.05) is 30.3 Å². The van der Waals surface area contributed by atoms with Crippen molar-refractivity contribution in [2.75, 3.05) is 6.54 Å². The van der Waals surface area contributed by atoms with Gasteiger partial charge in [0.1, 0.15) is 0 Å². The van der Waals surface area contributed by atoms with E-state index in [4.69, 9.17) is 5.11 Å². The number of aliphatic hydroxyl groups excluding tert-OH is 1. The third kappa shape index (κ3) is 4.16. The molecule has 2 aromatic rings. The van der Waals surface area contributed by atoms with E-state index in [0.29, 0.717) is 0 Å². The Morgan fingerprint density at radius 1 is 1.21 bits per heavy atom. The summed E-state index contributed by atoms with van der Waals surface area (Å²) >= 11 is 0. The molecule has 0 saturated carbocycles. The molecule has 0 amide bonds. The highest BCUT2D eigenvalue weighted by atomic mass is 16.3. The maximum Gasteiger partial charge on any atom is 0.0681 e. The summed E-state index contributed by atoms with van der Waals surface area (Å²) in [6.07, 6.45) is 4.66. The quantitative estimate of drug-likeness (QED) is 0.834. The molecule has 1 aromatic heterocycles. The first-order valence-electron chi connectivity index (χ1n) is 6.61. The van der Waals surface area contributed by atoms with Crippen LogP contribution in [0.5, 0.6) is 0 Å². The van der Waals surface area contributed by atoms with Crippen LogP contribution in [-0.2, 0) is 13.0 Å². The summed E-state index contributed by atoms with van der Waals surface area (Å²) in [6, 6.07) is 12.4. The summed E-state index contributed by atoms with van der Waals surface area (Å²) in [5.41, 5.74) is 3.41. The molecule has 1 aromatic carbocycles. The van der Waals surface area contributed by atoms with Crippen LogP contribution in [0.15, 0.2) is 48.8 Å². The highest BCUT2D eigenvalue weighted by molar-refractivity contribution is 5.25. The number of nitrogens with one attached hydrogen (secondary N) is 1. The molecular weight excluding hydrogens is 236 g/mol. The number of hydrogen-bond donors (Lipinski definition) is 2. The molecule has 0 aliphatic rings. The maximum absolute atomic E-state index is 9.14. The first kappa shape index (κ1) is 13.7. The van der Waals surface area contributed by atoms with Crippen LogP contribution in [0.2, 0.25) is 0 Å². The number of pyridine rings is 1. The summed E-state index contributed by atoms with van der Waals surface area (Å²) in [5, 5.41) is 12.6. The third-order valence-corrected chi connectivity index (χ3v) is 3.22. The van der Waals surface area contributed by atoms with Gasteiger partial charge in [0.25, 0.3) is 0 Å². The molecule has 0 spiro atoms. The van der Waals surface area contributed by atoms with Crippen molar-refractivity contribution in [3.8, 4) is 0 Å². The molecule has 1 heterocycles. The molecular formula is C16H20N2O. The zero-order valence-electron chi connectivity index (χ0n) is 11.2. The lowest BCUT2D eigenvalue weighted by Gasteiger charge is -2.15. The molecule has 0 saturated heterocycles. The fourth-order valence-electron chi connectivity index (χ4n) is 2.06. The van der Waals surface area contributed by atoms with Gasteiger partial charge in [0, 0.05) is 18.4 Å². The van der Waals surface area contributed by atoms with E-state index < -0.39 is 0 Å². The molecule has 0 aliphatic heterocycles. The Kier molecular flexibility index (Phi) is 5.07. The molecule has 0 radical (unpaired) electrons. The number of aromatic nitrogens is 1. The normalized spacial score (nSPS) is 12.3. The third-order valence-electron chi connectivity index (χ3n) is 3.22. The minimum atomic E-state index is 0.0935. The van der Waals surface area contributed by atoms with Crippen LogP contribution < -0.4 is 5.32 Å². The van der Waals surface area contributed by atoms with Crippen LogP contribution in [-0.4, -0.2) is 16.6 Å². The lowest BCUT2D eigenvalue weighted by molar-refractivity contribution is 0.281. The van der Waals surface area contributed by atoms with Crippen molar-refractivity contribution < 1.29 is 5.11 Å². The van der Waals surface area contributed by atoms with Crippen molar-refractivity contribution in [3.05, 3.63) is 65.5 Å². The second-order valence-electron chi connectivity index (χ2n) is 4.69. The summed E-state index contributed by atoms with van der Waals surface area (Å²) in [6.45, 7) is 3.15. The average molecular weight is 256 g/mol. The average Bonchev–Trinajstić information content (AvgIpc) is 2.48. The van der Waals surface area contributed by atoms with E-state index in [1.807, 2.05) is 30.5 Å². The Bertz CT molecular complexity index is 499. The molecule has 3 heteroatoms. The maximum atomic E-state index is 9.14. The summed E-state index contributed by atoms with van der Waals surface area (Å²) in [4.78, 5) is 4.11. The summed E-state index contributed by atoms with van der Waals surface area (Å²) in [5.74, 6) is 0. The Labute approximate surface area is 114 Å². The molecule has 2 rings (SSSR count). The Morgan fingerprint density at radius 3 is 2.79 bits per heavy atom. The molecule has 100 valence electrons. The van der Waals surface area contributed by atoms with E-state index in [9.17, 15) is 0 Å². The highest BCUT2D eigenvalue weighted by Gasteiger charge is 2.05. The van der Waals surface area contributed by atoms with E-state index in [1.165, 1.54) is 11.1 Å². The fourth-order valence-corrected chi connectivity index (χ4v) is 2.06. The monoisotopic (exact) mass is 256 g/mol. The largest absolute Gasteiger partial charge is 0.392 e. The summed E-state index contributed by atoms with van der Waals surface area (Å²) < 4.78 is 0. The molecule has 1 unspecified atom stereocenters. The van der Waals surface area contributed by atoms with Crippen molar-refractivity contribution in [2.45, 2.75) is 26.0 Å². The summed E-state index contributed by atoms with van der Waals surface area (Å²) in [7, 11) is 0. The van der Waals surface area contributed by atoms with E-state index in [0.717, 1.165) is 18.5 Å². The fraction of sp³-hybridized carbons (Fsp3) is 0.312. The van der Waals surface area contributed by atoms with Gasteiger partial charge in [0.2, 0.25) is 0 Å². The van der Waals surface area contributed by atoms with Crippen LogP contribution in [0.25, 0.3) is 0 Å². The van der Waals surface area contributed by atoms with E-state index in [1.54, 1.807) is 6.20 Å².